The van der Waals surface area contributed by atoms with Gasteiger partial charge >= 0.3 is 6.18 Å². The van der Waals surface area contributed by atoms with Crippen LogP contribution in [0.2, 0.25) is 0 Å². The number of rotatable bonds is 1. The summed E-state index contributed by atoms with van der Waals surface area (Å²) in [6.45, 7) is 6.47. The Bertz CT molecular complexity index is 413. The highest BCUT2D eigenvalue weighted by atomic mass is 19.4. The van der Waals surface area contributed by atoms with E-state index in [9.17, 15) is 13.2 Å². The molecule has 17 heavy (non-hydrogen) atoms. The van der Waals surface area contributed by atoms with Gasteiger partial charge in [-0.25, -0.2) is 4.98 Å². The summed E-state index contributed by atoms with van der Waals surface area (Å²) in [6, 6.07) is -0.0205. The van der Waals surface area contributed by atoms with Crippen LogP contribution in [0, 0.1) is 0 Å². The molecule has 1 aromatic heterocycles. The fourth-order valence-electron chi connectivity index (χ4n) is 1.75. The van der Waals surface area contributed by atoms with E-state index in [0.29, 0.717) is 19.0 Å². The van der Waals surface area contributed by atoms with Crippen LogP contribution in [0.5, 0.6) is 0 Å². The number of imidazole rings is 1. The third-order valence-electron chi connectivity index (χ3n) is 2.71. The second-order valence-electron chi connectivity index (χ2n) is 5.30. The third kappa shape index (κ3) is 2.31. The number of halogens is 3. The molecule has 0 radical (unpaired) electrons. The lowest BCUT2D eigenvalue weighted by Gasteiger charge is -2.31. The molecule has 1 fully saturated rings. The van der Waals surface area contributed by atoms with Crippen LogP contribution in [0.3, 0.4) is 0 Å². The molecule has 3 nitrogen and oxygen atoms in total. The minimum atomic E-state index is -4.39. The van der Waals surface area contributed by atoms with Crippen LogP contribution in [-0.4, -0.2) is 22.8 Å². The molecule has 0 aromatic carbocycles. The number of ether oxygens (including phenoxy) is 1. The molecule has 0 aliphatic carbocycles. The van der Waals surface area contributed by atoms with E-state index in [0.717, 1.165) is 6.20 Å². The molecule has 0 atom stereocenters. The van der Waals surface area contributed by atoms with Gasteiger partial charge in [-0.15, -0.1) is 0 Å². The summed E-state index contributed by atoms with van der Waals surface area (Å²) in [5.74, 6) is 0.457. The van der Waals surface area contributed by atoms with E-state index in [1.165, 1.54) is 0 Å². The average molecular weight is 248 g/mol. The lowest BCUT2D eigenvalue weighted by atomic mass is 9.95. The van der Waals surface area contributed by atoms with Gasteiger partial charge in [0.25, 0.3) is 0 Å². The zero-order valence-electron chi connectivity index (χ0n) is 10.0. The Morgan fingerprint density at radius 3 is 2.24 bits per heavy atom. The van der Waals surface area contributed by atoms with E-state index < -0.39 is 17.3 Å². The predicted octanol–water partition coefficient (Wildman–Crippen LogP) is 2.77. The Hall–Kier alpha value is -1.04. The minimum Gasteiger partial charge on any atom is -0.377 e. The maximum Gasteiger partial charge on any atom is 0.434 e. The van der Waals surface area contributed by atoms with Crippen molar-refractivity contribution in [1.29, 1.82) is 0 Å². The number of hydrogen-bond donors (Lipinski definition) is 0. The second-order valence-corrected chi connectivity index (χ2v) is 5.30. The molecule has 1 aromatic rings. The highest BCUT2D eigenvalue weighted by molar-refractivity contribution is 5.15. The van der Waals surface area contributed by atoms with E-state index in [4.69, 9.17) is 4.74 Å². The molecule has 1 saturated heterocycles. The van der Waals surface area contributed by atoms with Crippen LogP contribution in [0.4, 0.5) is 13.2 Å². The van der Waals surface area contributed by atoms with Crippen LogP contribution < -0.4 is 0 Å². The van der Waals surface area contributed by atoms with Crippen LogP contribution >= 0.6 is 0 Å². The van der Waals surface area contributed by atoms with Crippen molar-refractivity contribution in [3.63, 3.8) is 0 Å². The molecule has 0 saturated carbocycles. The zero-order valence-corrected chi connectivity index (χ0v) is 10.0. The first-order chi connectivity index (χ1) is 7.69. The van der Waals surface area contributed by atoms with Crippen molar-refractivity contribution in [1.82, 2.24) is 9.55 Å². The first-order valence-electron chi connectivity index (χ1n) is 5.44. The zero-order chi connectivity index (χ0) is 12.8. The van der Waals surface area contributed by atoms with Gasteiger partial charge in [-0.3, -0.25) is 0 Å². The second kappa shape index (κ2) is 3.73. The van der Waals surface area contributed by atoms with Gasteiger partial charge in [0.1, 0.15) is 5.82 Å². The molecule has 0 unspecified atom stereocenters. The summed E-state index contributed by atoms with van der Waals surface area (Å²) in [6.07, 6.45) is -3.30. The van der Waals surface area contributed by atoms with Crippen molar-refractivity contribution < 1.29 is 17.9 Å². The normalized spacial score (nSPS) is 18.2. The molecule has 1 aliphatic heterocycles. The summed E-state index contributed by atoms with van der Waals surface area (Å²) < 4.78 is 44.6. The van der Waals surface area contributed by atoms with Crippen LogP contribution in [0.15, 0.2) is 6.20 Å². The lowest BCUT2D eigenvalue weighted by molar-refractivity contribution is -0.141. The van der Waals surface area contributed by atoms with Gasteiger partial charge in [0.15, 0.2) is 5.69 Å². The average Bonchev–Trinajstić information content (AvgIpc) is 2.42. The van der Waals surface area contributed by atoms with Gasteiger partial charge in [-0.1, -0.05) is 20.8 Å². The van der Waals surface area contributed by atoms with Crippen molar-refractivity contribution in [2.24, 2.45) is 0 Å². The summed E-state index contributed by atoms with van der Waals surface area (Å²) >= 11 is 0. The number of alkyl halides is 3. The van der Waals surface area contributed by atoms with Crippen molar-refractivity contribution >= 4 is 0 Å². The molecule has 0 amide bonds. The first kappa shape index (κ1) is 12.4. The number of nitrogens with zero attached hydrogens (tertiary/aromatic N) is 2. The summed E-state index contributed by atoms with van der Waals surface area (Å²) in [5.41, 5.74) is -1.24. The molecular formula is C11H15F3N2O. The largest absolute Gasteiger partial charge is 0.434 e. The van der Waals surface area contributed by atoms with E-state index in [1.807, 2.05) is 20.8 Å². The number of hydrogen-bond acceptors (Lipinski definition) is 2. The van der Waals surface area contributed by atoms with Gasteiger partial charge in [0, 0.05) is 11.6 Å². The van der Waals surface area contributed by atoms with Gasteiger partial charge in [0.2, 0.25) is 0 Å². The molecule has 0 bridgehead atoms. The van der Waals surface area contributed by atoms with Crippen LogP contribution in [-0.2, 0) is 16.3 Å². The molecule has 2 heterocycles. The minimum absolute atomic E-state index is 0.0205. The molecule has 96 valence electrons. The Balaban J connectivity index is 2.44. The smallest absolute Gasteiger partial charge is 0.377 e. The molecule has 2 rings (SSSR count). The SMILES string of the molecule is CC(C)(C)c1nc(C(F)(F)F)cn1C1COC1. The monoisotopic (exact) mass is 248 g/mol. The van der Waals surface area contributed by atoms with Crippen LogP contribution in [0.1, 0.15) is 38.3 Å². The van der Waals surface area contributed by atoms with Gasteiger partial charge in [-0.05, 0) is 0 Å². The van der Waals surface area contributed by atoms with E-state index in [1.54, 1.807) is 4.57 Å². The Morgan fingerprint density at radius 1 is 1.29 bits per heavy atom. The summed E-state index contributed by atoms with van der Waals surface area (Å²) in [7, 11) is 0. The lowest BCUT2D eigenvalue weighted by Crippen LogP contribution is -2.33. The van der Waals surface area contributed by atoms with Crippen molar-refractivity contribution in [2.75, 3.05) is 13.2 Å². The van der Waals surface area contributed by atoms with E-state index in [2.05, 4.69) is 4.98 Å². The topological polar surface area (TPSA) is 27.1 Å². The summed E-state index contributed by atoms with van der Waals surface area (Å²) in [5, 5.41) is 0. The van der Waals surface area contributed by atoms with Crippen molar-refractivity contribution in [3.8, 4) is 0 Å². The third-order valence-corrected chi connectivity index (χ3v) is 2.71. The van der Waals surface area contributed by atoms with Gasteiger partial charge in [-0.2, -0.15) is 13.2 Å². The highest BCUT2D eigenvalue weighted by Gasteiger charge is 2.38. The molecule has 0 N–H and O–H groups in total. The Morgan fingerprint density at radius 2 is 1.88 bits per heavy atom. The number of aromatic nitrogens is 2. The summed E-state index contributed by atoms with van der Waals surface area (Å²) in [4.78, 5) is 3.74. The predicted molar refractivity (Wildman–Crippen MR) is 55.8 cm³/mol. The quantitative estimate of drug-likeness (QED) is 0.764. The maximum absolute atomic E-state index is 12.6. The van der Waals surface area contributed by atoms with Gasteiger partial charge in [0.05, 0.1) is 19.3 Å². The van der Waals surface area contributed by atoms with E-state index >= 15 is 0 Å². The standard InChI is InChI=1S/C11H15F3N2O/c1-10(2,3)9-15-8(11(12,13)14)4-16(9)7-5-17-6-7/h4,7H,5-6H2,1-3H3. The van der Waals surface area contributed by atoms with Crippen molar-refractivity contribution in [3.05, 3.63) is 17.7 Å². The maximum atomic E-state index is 12.6. The fraction of sp³-hybridized carbons (Fsp3) is 0.727. The fourth-order valence-corrected chi connectivity index (χ4v) is 1.75. The first-order valence-corrected chi connectivity index (χ1v) is 5.44. The molecule has 1 aliphatic rings. The Labute approximate surface area is 97.6 Å². The highest BCUT2D eigenvalue weighted by Crippen LogP contribution is 2.34. The van der Waals surface area contributed by atoms with Gasteiger partial charge < -0.3 is 9.30 Å². The molecular weight excluding hydrogens is 233 g/mol. The molecule has 6 heteroatoms. The molecule has 0 spiro atoms. The van der Waals surface area contributed by atoms with Crippen molar-refractivity contribution in [2.45, 2.75) is 38.4 Å². The Kier molecular flexibility index (Phi) is 2.72. The van der Waals surface area contributed by atoms with Crippen LogP contribution in [0.25, 0.3) is 0 Å². The van der Waals surface area contributed by atoms with E-state index in [-0.39, 0.29) is 6.04 Å².